The van der Waals surface area contributed by atoms with Gasteiger partial charge in [0.2, 0.25) is 0 Å². The van der Waals surface area contributed by atoms with Gasteiger partial charge < -0.3 is 4.74 Å². The minimum atomic E-state index is 0.347. The van der Waals surface area contributed by atoms with Crippen LogP contribution in [0.2, 0.25) is 0 Å². The molecule has 2 heteroatoms. The Kier molecular flexibility index (Phi) is 1.65. The Labute approximate surface area is 43.9 Å². The summed E-state index contributed by atoms with van der Waals surface area (Å²) in [5.41, 5.74) is 0. The summed E-state index contributed by atoms with van der Waals surface area (Å²) in [7, 11) is 1.93. The first kappa shape index (κ1) is 5.06. The van der Waals surface area contributed by atoms with Crippen LogP contribution in [0.25, 0.3) is 0 Å². The van der Waals surface area contributed by atoms with Crippen LogP contribution in [0.1, 0.15) is 12.8 Å². The highest BCUT2D eigenvalue weighted by Crippen LogP contribution is 2.07. The number of hydrogen-bond donors (Lipinski definition) is 1. The molecule has 7 heavy (non-hydrogen) atoms. The maximum atomic E-state index is 5.19. The lowest BCUT2D eigenvalue weighted by molar-refractivity contribution is 0.0908. The van der Waals surface area contributed by atoms with Crippen molar-refractivity contribution < 1.29 is 4.74 Å². The van der Waals surface area contributed by atoms with Gasteiger partial charge in [-0.1, -0.05) is 0 Å². The van der Waals surface area contributed by atoms with E-state index in [9.17, 15) is 0 Å². The largest absolute Gasteiger partial charge is 0.363 e. The van der Waals surface area contributed by atoms with E-state index in [1.54, 1.807) is 0 Å². The molecule has 1 fully saturated rings. The van der Waals surface area contributed by atoms with E-state index < -0.39 is 0 Å². The number of nitrogens with one attached hydrogen (secondary N) is 1. The standard InChI is InChI=1S/C5H11NO/c1-6-5-3-2-4-7-5/h5-6H,2-4H2,1H3. The van der Waals surface area contributed by atoms with Gasteiger partial charge >= 0.3 is 0 Å². The van der Waals surface area contributed by atoms with Gasteiger partial charge in [0.25, 0.3) is 0 Å². The van der Waals surface area contributed by atoms with Crippen LogP contribution < -0.4 is 5.32 Å². The summed E-state index contributed by atoms with van der Waals surface area (Å²) in [4.78, 5) is 0. The highest BCUT2D eigenvalue weighted by Gasteiger charge is 2.10. The Hall–Kier alpha value is -0.0800. The molecule has 1 unspecified atom stereocenters. The van der Waals surface area contributed by atoms with Gasteiger partial charge in [0, 0.05) is 6.61 Å². The first-order valence-electron chi connectivity index (χ1n) is 2.72. The molecule has 0 saturated carbocycles. The van der Waals surface area contributed by atoms with Gasteiger partial charge in [0.1, 0.15) is 6.23 Å². The molecule has 1 heterocycles. The monoisotopic (exact) mass is 101 g/mol. The van der Waals surface area contributed by atoms with Crippen LogP contribution in [0.3, 0.4) is 0 Å². The van der Waals surface area contributed by atoms with Crippen molar-refractivity contribution in [3.8, 4) is 0 Å². The van der Waals surface area contributed by atoms with Gasteiger partial charge in [-0.2, -0.15) is 0 Å². The highest BCUT2D eigenvalue weighted by atomic mass is 16.5. The molecule has 1 atom stereocenters. The molecule has 42 valence electrons. The molecule has 0 aromatic rings. The van der Waals surface area contributed by atoms with Crippen molar-refractivity contribution in [3.63, 3.8) is 0 Å². The molecule has 0 bridgehead atoms. The van der Waals surface area contributed by atoms with E-state index in [0.29, 0.717) is 6.23 Å². The molecular formula is C5H11NO. The second-order valence-electron chi connectivity index (χ2n) is 1.79. The Balaban J connectivity index is 2.14. The van der Waals surface area contributed by atoms with Crippen LogP contribution in [-0.2, 0) is 4.74 Å². The van der Waals surface area contributed by atoms with Crippen molar-refractivity contribution in [1.82, 2.24) is 5.32 Å². The third-order valence-corrected chi connectivity index (χ3v) is 1.25. The van der Waals surface area contributed by atoms with Crippen molar-refractivity contribution in [2.45, 2.75) is 19.1 Å². The van der Waals surface area contributed by atoms with Gasteiger partial charge in [0.15, 0.2) is 0 Å². The first-order chi connectivity index (χ1) is 3.43. The van der Waals surface area contributed by atoms with E-state index in [4.69, 9.17) is 4.74 Å². The van der Waals surface area contributed by atoms with Crippen molar-refractivity contribution in [2.75, 3.05) is 13.7 Å². The zero-order valence-corrected chi connectivity index (χ0v) is 4.61. The second-order valence-corrected chi connectivity index (χ2v) is 1.79. The quantitative estimate of drug-likeness (QED) is 0.514. The molecule has 1 N–H and O–H groups in total. The molecular weight excluding hydrogens is 90.1 g/mol. The van der Waals surface area contributed by atoms with Crippen LogP contribution in [0, 0.1) is 0 Å². The molecule has 1 rings (SSSR count). The zero-order valence-electron chi connectivity index (χ0n) is 4.61. The molecule has 1 saturated heterocycles. The van der Waals surface area contributed by atoms with E-state index in [1.165, 1.54) is 12.8 Å². The molecule has 1 aliphatic rings. The lowest BCUT2D eigenvalue weighted by Gasteiger charge is -2.04. The van der Waals surface area contributed by atoms with Gasteiger partial charge in [-0.15, -0.1) is 0 Å². The van der Waals surface area contributed by atoms with Crippen molar-refractivity contribution in [2.24, 2.45) is 0 Å². The lowest BCUT2D eigenvalue weighted by Crippen LogP contribution is -2.22. The normalized spacial score (nSPS) is 31.3. The molecule has 0 radical (unpaired) electrons. The highest BCUT2D eigenvalue weighted by molar-refractivity contribution is 4.58. The molecule has 2 nitrogen and oxygen atoms in total. The predicted octanol–water partition coefficient (Wildman–Crippen LogP) is 0.342. The molecule has 0 spiro atoms. The van der Waals surface area contributed by atoms with Gasteiger partial charge in [-0.05, 0) is 19.9 Å². The summed E-state index contributed by atoms with van der Waals surface area (Å²) in [5.74, 6) is 0. The summed E-state index contributed by atoms with van der Waals surface area (Å²) in [6, 6.07) is 0. The average molecular weight is 101 g/mol. The van der Waals surface area contributed by atoms with Crippen LogP contribution in [0.4, 0.5) is 0 Å². The first-order valence-corrected chi connectivity index (χ1v) is 2.72. The van der Waals surface area contributed by atoms with E-state index in [0.717, 1.165) is 6.61 Å². The zero-order chi connectivity index (χ0) is 5.11. The SMILES string of the molecule is CNC1CCCO1. The minimum Gasteiger partial charge on any atom is -0.363 e. The molecule has 1 aliphatic heterocycles. The summed E-state index contributed by atoms with van der Waals surface area (Å²) < 4.78 is 5.19. The van der Waals surface area contributed by atoms with Crippen molar-refractivity contribution in [1.29, 1.82) is 0 Å². The Bertz CT molecular complexity index is 50.0. The Morgan fingerprint density at radius 3 is 2.86 bits per heavy atom. The summed E-state index contributed by atoms with van der Waals surface area (Å²) in [5, 5.41) is 3.04. The third-order valence-electron chi connectivity index (χ3n) is 1.25. The summed E-state index contributed by atoms with van der Waals surface area (Å²) >= 11 is 0. The lowest BCUT2D eigenvalue weighted by atomic mass is 10.3. The van der Waals surface area contributed by atoms with Crippen LogP contribution in [0.15, 0.2) is 0 Å². The minimum absolute atomic E-state index is 0.347. The van der Waals surface area contributed by atoms with Crippen molar-refractivity contribution >= 4 is 0 Å². The smallest absolute Gasteiger partial charge is 0.107 e. The average Bonchev–Trinajstić information content (AvgIpc) is 2.14. The summed E-state index contributed by atoms with van der Waals surface area (Å²) in [6.45, 7) is 0.936. The van der Waals surface area contributed by atoms with E-state index in [-0.39, 0.29) is 0 Å². The van der Waals surface area contributed by atoms with Crippen LogP contribution >= 0.6 is 0 Å². The molecule has 0 amide bonds. The predicted molar refractivity (Wildman–Crippen MR) is 28.0 cm³/mol. The van der Waals surface area contributed by atoms with Gasteiger partial charge in [-0.3, -0.25) is 5.32 Å². The van der Waals surface area contributed by atoms with Crippen LogP contribution in [0.5, 0.6) is 0 Å². The Morgan fingerprint density at radius 1 is 1.71 bits per heavy atom. The topological polar surface area (TPSA) is 21.3 Å². The van der Waals surface area contributed by atoms with E-state index in [2.05, 4.69) is 5.32 Å². The third kappa shape index (κ3) is 1.14. The molecule has 0 aromatic heterocycles. The number of hydrogen-bond acceptors (Lipinski definition) is 2. The van der Waals surface area contributed by atoms with E-state index in [1.807, 2.05) is 7.05 Å². The van der Waals surface area contributed by atoms with Gasteiger partial charge in [0.05, 0.1) is 0 Å². The fourth-order valence-corrected chi connectivity index (χ4v) is 0.805. The Morgan fingerprint density at radius 2 is 2.57 bits per heavy atom. The summed E-state index contributed by atoms with van der Waals surface area (Å²) in [6.07, 6.45) is 2.74. The second kappa shape index (κ2) is 2.28. The maximum absolute atomic E-state index is 5.19. The van der Waals surface area contributed by atoms with Crippen molar-refractivity contribution in [3.05, 3.63) is 0 Å². The number of ether oxygens (including phenoxy) is 1. The van der Waals surface area contributed by atoms with E-state index >= 15 is 0 Å². The molecule has 0 aromatic carbocycles. The fraction of sp³-hybridized carbons (Fsp3) is 1.00. The van der Waals surface area contributed by atoms with Gasteiger partial charge in [-0.25, -0.2) is 0 Å². The molecule has 0 aliphatic carbocycles. The number of rotatable bonds is 1. The fourth-order valence-electron chi connectivity index (χ4n) is 0.805. The van der Waals surface area contributed by atoms with Crippen LogP contribution in [-0.4, -0.2) is 19.9 Å². The maximum Gasteiger partial charge on any atom is 0.107 e.